The summed E-state index contributed by atoms with van der Waals surface area (Å²) in [7, 11) is 0. The third-order valence-corrected chi connectivity index (χ3v) is 3.16. The van der Waals surface area contributed by atoms with Crippen LogP contribution in [0.1, 0.15) is 18.5 Å². The molecule has 0 atom stereocenters. The van der Waals surface area contributed by atoms with Crippen molar-refractivity contribution < 1.29 is 0 Å². The molecule has 1 aliphatic heterocycles. The summed E-state index contributed by atoms with van der Waals surface area (Å²) in [5.41, 5.74) is 7.18. The summed E-state index contributed by atoms with van der Waals surface area (Å²) in [5, 5.41) is 3.36. The van der Waals surface area contributed by atoms with Crippen LogP contribution in [0.15, 0.2) is 24.4 Å². The number of nitrogens with zero attached hydrogens (tertiary/aromatic N) is 1. The van der Waals surface area contributed by atoms with E-state index in [-0.39, 0.29) is 5.41 Å². The molecular formula is C11H17N3. The molecule has 1 saturated heterocycles. The molecule has 1 fully saturated rings. The first kappa shape index (κ1) is 9.62. The van der Waals surface area contributed by atoms with Gasteiger partial charge in [0.05, 0.1) is 0 Å². The van der Waals surface area contributed by atoms with Gasteiger partial charge in [0.1, 0.15) is 0 Å². The molecule has 3 N–H and O–H groups in total. The van der Waals surface area contributed by atoms with Crippen LogP contribution in [-0.4, -0.2) is 24.6 Å². The molecule has 0 aliphatic carbocycles. The minimum absolute atomic E-state index is 0.118. The fourth-order valence-corrected chi connectivity index (χ4v) is 2.15. The van der Waals surface area contributed by atoms with Crippen molar-refractivity contribution in [3.8, 4) is 0 Å². The molecule has 3 heteroatoms. The first-order chi connectivity index (χ1) is 6.87. The van der Waals surface area contributed by atoms with Gasteiger partial charge < -0.3 is 11.1 Å². The molecule has 0 bridgehead atoms. The maximum Gasteiger partial charge on any atom is 0.0478 e. The van der Waals surface area contributed by atoms with Crippen molar-refractivity contribution in [3.63, 3.8) is 0 Å². The van der Waals surface area contributed by atoms with Crippen LogP contribution in [0.2, 0.25) is 0 Å². The smallest absolute Gasteiger partial charge is 0.0478 e. The molecule has 0 aromatic carbocycles. The van der Waals surface area contributed by atoms with Crippen molar-refractivity contribution in [2.75, 3.05) is 19.6 Å². The summed E-state index contributed by atoms with van der Waals surface area (Å²) in [4.78, 5) is 4.44. The van der Waals surface area contributed by atoms with Gasteiger partial charge in [0.2, 0.25) is 0 Å². The third-order valence-electron chi connectivity index (χ3n) is 3.16. The Morgan fingerprint density at radius 1 is 1.36 bits per heavy atom. The van der Waals surface area contributed by atoms with Crippen LogP contribution in [-0.2, 0) is 5.41 Å². The van der Waals surface area contributed by atoms with Crippen LogP contribution in [0.3, 0.4) is 0 Å². The number of hydrogen-bond acceptors (Lipinski definition) is 3. The second-order valence-electron chi connectivity index (χ2n) is 3.95. The molecule has 2 heterocycles. The van der Waals surface area contributed by atoms with Crippen LogP contribution >= 0.6 is 0 Å². The lowest BCUT2D eigenvalue weighted by Gasteiger charge is -2.36. The van der Waals surface area contributed by atoms with Crippen LogP contribution in [0.4, 0.5) is 0 Å². The van der Waals surface area contributed by atoms with Crippen molar-refractivity contribution in [1.82, 2.24) is 10.3 Å². The Morgan fingerprint density at radius 2 is 2.14 bits per heavy atom. The number of hydrogen-bond donors (Lipinski definition) is 2. The number of nitrogens with one attached hydrogen (secondary N) is 1. The van der Waals surface area contributed by atoms with E-state index in [9.17, 15) is 0 Å². The van der Waals surface area contributed by atoms with E-state index < -0.39 is 0 Å². The summed E-state index contributed by atoms with van der Waals surface area (Å²) in [6.45, 7) is 2.80. The number of aromatic nitrogens is 1. The van der Waals surface area contributed by atoms with Crippen molar-refractivity contribution in [3.05, 3.63) is 30.1 Å². The van der Waals surface area contributed by atoms with Gasteiger partial charge >= 0.3 is 0 Å². The van der Waals surface area contributed by atoms with Gasteiger partial charge in [-0.2, -0.15) is 0 Å². The van der Waals surface area contributed by atoms with Crippen LogP contribution < -0.4 is 11.1 Å². The highest BCUT2D eigenvalue weighted by atomic mass is 14.9. The van der Waals surface area contributed by atoms with Gasteiger partial charge in [0, 0.05) is 23.9 Å². The molecule has 0 spiro atoms. The maximum absolute atomic E-state index is 5.90. The lowest BCUT2D eigenvalue weighted by atomic mass is 9.76. The molecule has 0 unspecified atom stereocenters. The Labute approximate surface area is 84.7 Å². The summed E-state index contributed by atoms with van der Waals surface area (Å²) < 4.78 is 0. The highest BCUT2D eigenvalue weighted by Crippen LogP contribution is 2.30. The Bertz CT molecular complexity index is 278. The largest absolute Gasteiger partial charge is 0.330 e. The molecule has 1 aliphatic rings. The lowest BCUT2D eigenvalue weighted by molar-refractivity contribution is 0.308. The van der Waals surface area contributed by atoms with Gasteiger partial charge in [-0.1, -0.05) is 6.07 Å². The number of piperidine rings is 1. The quantitative estimate of drug-likeness (QED) is 0.722. The SMILES string of the molecule is NCC1(c2ccccn2)CCNCC1. The Balaban J connectivity index is 2.27. The highest BCUT2D eigenvalue weighted by molar-refractivity contribution is 5.19. The van der Waals surface area contributed by atoms with Crippen LogP contribution in [0.25, 0.3) is 0 Å². The Morgan fingerprint density at radius 3 is 2.71 bits per heavy atom. The zero-order valence-electron chi connectivity index (χ0n) is 8.37. The van der Waals surface area contributed by atoms with E-state index in [4.69, 9.17) is 5.73 Å². The molecule has 0 amide bonds. The van der Waals surface area contributed by atoms with E-state index >= 15 is 0 Å². The van der Waals surface area contributed by atoms with Gasteiger partial charge in [0.25, 0.3) is 0 Å². The van der Waals surface area contributed by atoms with Crippen molar-refractivity contribution in [1.29, 1.82) is 0 Å². The first-order valence-corrected chi connectivity index (χ1v) is 5.20. The molecule has 0 saturated carbocycles. The second-order valence-corrected chi connectivity index (χ2v) is 3.95. The zero-order valence-corrected chi connectivity index (χ0v) is 8.37. The summed E-state index contributed by atoms with van der Waals surface area (Å²) in [6.07, 6.45) is 4.05. The first-order valence-electron chi connectivity index (χ1n) is 5.20. The molecule has 76 valence electrons. The van der Waals surface area contributed by atoms with Crippen molar-refractivity contribution >= 4 is 0 Å². The fraction of sp³-hybridized carbons (Fsp3) is 0.545. The lowest BCUT2D eigenvalue weighted by Crippen LogP contribution is -2.45. The van der Waals surface area contributed by atoms with Crippen molar-refractivity contribution in [2.45, 2.75) is 18.3 Å². The van der Waals surface area contributed by atoms with Gasteiger partial charge in [0.15, 0.2) is 0 Å². The molecule has 3 nitrogen and oxygen atoms in total. The van der Waals surface area contributed by atoms with Gasteiger partial charge in [-0.15, -0.1) is 0 Å². The minimum atomic E-state index is 0.118. The number of rotatable bonds is 2. The molecular weight excluding hydrogens is 174 g/mol. The van der Waals surface area contributed by atoms with Crippen molar-refractivity contribution in [2.24, 2.45) is 5.73 Å². The van der Waals surface area contributed by atoms with E-state index in [1.54, 1.807) is 0 Å². The normalized spacial score (nSPS) is 20.6. The third kappa shape index (κ3) is 1.65. The van der Waals surface area contributed by atoms with Gasteiger partial charge in [-0.25, -0.2) is 0 Å². The number of pyridine rings is 1. The molecule has 0 radical (unpaired) electrons. The van der Waals surface area contributed by atoms with E-state index in [2.05, 4.69) is 16.4 Å². The van der Waals surface area contributed by atoms with Gasteiger partial charge in [-0.05, 0) is 38.1 Å². The monoisotopic (exact) mass is 191 g/mol. The fourth-order valence-electron chi connectivity index (χ4n) is 2.15. The molecule has 1 aromatic heterocycles. The van der Waals surface area contributed by atoms with Crippen LogP contribution in [0.5, 0.6) is 0 Å². The zero-order chi connectivity index (χ0) is 9.86. The standard InChI is InChI=1S/C11H17N3/c12-9-11(4-7-13-8-5-11)10-3-1-2-6-14-10/h1-3,6,13H,4-5,7-9,12H2. The minimum Gasteiger partial charge on any atom is -0.330 e. The predicted octanol–water partition coefficient (Wildman–Crippen LogP) is 0.661. The average molecular weight is 191 g/mol. The second kappa shape index (κ2) is 4.07. The van der Waals surface area contributed by atoms with E-state index in [0.717, 1.165) is 31.6 Å². The van der Waals surface area contributed by atoms with E-state index in [1.165, 1.54) is 0 Å². The molecule has 14 heavy (non-hydrogen) atoms. The number of nitrogens with two attached hydrogens (primary N) is 1. The Hall–Kier alpha value is -0.930. The average Bonchev–Trinajstić information content (AvgIpc) is 2.31. The topological polar surface area (TPSA) is 50.9 Å². The van der Waals surface area contributed by atoms with Gasteiger partial charge in [-0.3, -0.25) is 4.98 Å². The molecule has 2 rings (SSSR count). The summed E-state index contributed by atoms with van der Waals surface area (Å²) >= 11 is 0. The highest BCUT2D eigenvalue weighted by Gasteiger charge is 2.33. The molecule has 1 aromatic rings. The Kier molecular flexibility index (Phi) is 2.79. The predicted molar refractivity (Wildman–Crippen MR) is 57.1 cm³/mol. The van der Waals surface area contributed by atoms with E-state index in [1.807, 2.05) is 18.3 Å². The van der Waals surface area contributed by atoms with Crippen LogP contribution in [0, 0.1) is 0 Å². The maximum atomic E-state index is 5.90. The summed E-state index contributed by atoms with van der Waals surface area (Å²) in [5.74, 6) is 0. The van der Waals surface area contributed by atoms with E-state index in [0.29, 0.717) is 6.54 Å². The summed E-state index contributed by atoms with van der Waals surface area (Å²) in [6, 6.07) is 6.09.